The van der Waals surface area contributed by atoms with Gasteiger partial charge >= 0.3 is 6.18 Å². The molecule has 0 fully saturated rings. The van der Waals surface area contributed by atoms with Gasteiger partial charge in [0.05, 0.1) is 0 Å². The standard InChI is InChI=1S/C12H20F3/c1-3-4-5-6-7-8-11(2)9-10-12(13,14)15/h2H,3-10H2,1H3. The molecule has 0 aliphatic heterocycles. The van der Waals surface area contributed by atoms with Gasteiger partial charge < -0.3 is 0 Å². The summed E-state index contributed by atoms with van der Waals surface area (Å²) in [6.07, 6.45) is 1.28. The van der Waals surface area contributed by atoms with Crippen molar-refractivity contribution in [2.75, 3.05) is 0 Å². The van der Waals surface area contributed by atoms with Crippen LogP contribution in [0, 0.1) is 6.58 Å². The van der Waals surface area contributed by atoms with Crippen LogP contribution in [-0.2, 0) is 0 Å². The van der Waals surface area contributed by atoms with Gasteiger partial charge in [-0.2, -0.15) is 13.2 Å². The molecule has 0 aliphatic rings. The molecule has 1 radical (unpaired) electrons. The Kier molecular flexibility index (Phi) is 7.53. The van der Waals surface area contributed by atoms with Crippen molar-refractivity contribution in [1.29, 1.82) is 0 Å². The van der Waals surface area contributed by atoms with Crippen molar-refractivity contribution in [1.82, 2.24) is 0 Å². The molecule has 15 heavy (non-hydrogen) atoms. The molecule has 3 heteroatoms. The second-order valence-corrected chi connectivity index (χ2v) is 3.94. The van der Waals surface area contributed by atoms with E-state index in [4.69, 9.17) is 6.58 Å². The molecule has 0 atom stereocenters. The first-order valence-electron chi connectivity index (χ1n) is 5.62. The molecule has 0 aromatic rings. The van der Waals surface area contributed by atoms with Gasteiger partial charge in [-0.05, 0) is 19.3 Å². The molecule has 0 spiro atoms. The summed E-state index contributed by atoms with van der Waals surface area (Å²) in [6.45, 7) is 7.64. The number of hydrogen-bond donors (Lipinski definition) is 0. The molecular weight excluding hydrogens is 201 g/mol. The van der Waals surface area contributed by atoms with Gasteiger partial charge in [0, 0.05) is 6.42 Å². The van der Waals surface area contributed by atoms with E-state index in [-0.39, 0.29) is 6.42 Å². The largest absolute Gasteiger partial charge is 0.389 e. The highest BCUT2D eigenvalue weighted by molar-refractivity contribution is 4.91. The van der Waals surface area contributed by atoms with Crippen molar-refractivity contribution in [2.45, 2.75) is 64.5 Å². The van der Waals surface area contributed by atoms with Crippen molar-refractivity contribution in [3.05, 3.63) is 12.2 Å². The maximum Gasteiger partial charge on any atom is 0.389 e. The van der Waals surface area contributed by atoms with Gasteiger partial charge in [0.15, 0.2) is 0 Å². The number of alkyl halides is 3. The van der Waals surface area contributed by atoms with Gasteiger partial charge in [-0.1, -0.05) is 44.8 Å². The zero-order chi connectivity index (χ0) is 11.7. The van der Waals surface area contributed by atoms with Crippen LogP contribution >= 0.6 is 0 Å². The second kappa shape index (κ2) is 7.77. The lowest BCUT2D eigenvalue weighted by molar-refractivity contribution is -0.134. The summed E-state index contributed by atoms with van der Waals surface area (Å²) in [7, 11) is 0. The Morgan fingerprint density at radius 3 is 2.13 bits per heavy atom. The predicted molar refractivity (Wildman–Crippen MR) is 56.5 cm³/mol. The number of allylic oxidation sites excluding steroid dienone is 1. The Morgan fingerprint density at radius 1 is 1.00 bits per heavy atom. The molecule has 0 rings (SSSR count). The lowest BCUT2D eigenvalue weighted by Gasteiger charge is -2.08. The fraction of sp³-hybridized carbons (Fsp3) is 0.833. The maximum atomic E-state index is 11.8. The monoisotopic (exact) mass is 221 g/mol. The quantitative estimate of drug-likeness (QED) is 0.503. The average molecular weight is 221 g/mol. The minimum absolute atomic E-state index is 0.0166. The van der Waals surface area contributed by atoms with E-state index in [0.717, 1.165) is 19.3 Å². The number of rotatable bonds is 8. The third-order valence-corrected chi connectivity index (χ3v) is 2.33. The second-order valence-electron chi connectivity index (χ2n) is 3.94. The SMILES string of the molecule is [CH]=C(CCCCCCC)CCC(F)(F)F. The smallest absolute Gasteiger partial charge is 0.171 e. The van der Waals surface area contributed by atoms with Crippen LogP contribution in [0.25, 0.3) is 0 Å². The summed E-state index contributed by atoms with van der Waals surface area (Å²) in [6, 6.07) is 0. The first-order valence-corrected chi connectivity index (χ1v) is 5.62. The fourth-order valence-corrected chi connectivity index (χ4v) is 1.38. The third-order valence-electron chi connectivity index (χ3n) is 2.33. The molecule has 0 unspecified atom stereocenters. The summed E-state index contributed by atoms with van der Waals surface area (Å²) < 4.78 is 35.5. The van der Waals surface area contributed by atoms with Crippen LogP contribution in [0.4, 0.5) is 13.2 Å². The molecule has 0 amide bonds. The van der Waals surface area contributed by atoms with Crippen molar-refractivity contribution in [3.8, 4) is 0 Å². The number of unbranched alkanes of at least 4 members (excludes halogenated alkanes) is 4. The highest BCUT2D eigenvalue weighted by Crippen LogP contribution is 2.25. The molecule has 89 valence electrons. The van der Waals surface area contributed by atoms with Crippen molar-refractivity contribution < 1.29 is 13.2 Å². The Balaban J connectivity index is 3.34. The molecule has 0 aromatic heterocycles. The van der Waals surface area contributed by atoms with Crippen molar-refractivity contribution >= 4 is 0 Å². The van der Waals surface area contributed by atoms with E-state index in [2.05, 4.69) is 6.92 Å². The van der Waals surface area contributed by atoms with E-state index in [9.17, 15) is 13.2 Å². The predicted octanol–water partition coefficient (Wildman–Crippen LogP) is 5.05. The normalized spacial score (nSPS) is 11.7. The topological polar surface area (TPSA) is 0 Å². The van der Waals surface area contributed by atoms with Gasteiger partial charge in [-0.3, -0.25) is 0 Å². The highest BCUT2D eigenvalue weighted by atomic mass is 19.4. The summed E-state index contributed by atoms with van der Waals surface area (Å²) in [5, 5.41) is 0. The van der Waals surface area contributed by atoms with Gasteiger partial charge in [0.2, 0.25) is 0 Å². The van der Waals surface area contributed by atoms with E-state index in [1.165, 1.54) is 12.8 Å². The van der Waals surface area contributed by atoms with Crippen molar-refractivity contribution in [2.24, 2.45) is 0 Å². The Morgan fingerprint density at radius 2 is 1.60 bits per heavy atom. The van der Waals surface area contributed by atoms with Crippen LogP contribution in [-0.4, -0.2) is 6.18 Å². The van der Waals surface area contributed by atoms with Crippen LogP contribution in [0.2, 0.25) is 0 Å². The minimum atomic E-state index is -4.08. The number of hydrogen-bond acceptors (Lipinski definition) is 0. The Labute approximate surface area is 90.6 Å². The van der Waals surface area contributed by atoms with Crippen LogP contribution in [0.5, 0.6) is 0 Å². The summed E-state index contributed by atoms with van der Waals surface area (Å²) in [5.41, 5.74) is 0.490. The Bertz CT molecular complexity index is 170. The Hall–Kier alpha value is -0.470. The average Bonchev–Trinajstić information content (AvgIpc) is 2.13. The van der Waals surface area contributed by atoms with E-state index in [0.29, 0.717) is 12.0 Å². The molecule has 0 heterocycles. The minimum Gasteiger partial charge on any atom is -0.171 e. The van der Waals surface area contributed by atoms with Gasteiger partial charge in [0.25, 0.3) is 0 Å². The zero-order valence-corrected chi connectivity index (χ0v) is 9.37. The fourth-order valence-electron chi connectivity index (χ4n) is 1.38. The van der Waals surface area contributed by atoms with Crippen LogP contribution < -0.4 is 0 Å². The number of halogens is 3. The zero-order valence-electron chi connectivity index (χ0n) is 9.37. The van der Waals surface area contributed by atoms with E-state index >= 15 is 0 Å². The van der Waals surface area contributed by atoms with E-state index in [1.54, 1.807) is 0 Å². The maximum absolute atomic E-state index is 11.8. The molecule has 0 nitrogen and oxygen atoms in total. The molecular formula is C12H20F3. The lowest BCUT2D eigenvalue weighted by Crippen LogP contribution is -2.06. The van der Waals surface area contributed by atoms with Gasteiger partial charge in [0.1, 0.15) is 0 Å². The molecule has 0 saturated heterocycles. The van der Waals surface area contributed by atoms with Gasteiger partial charge in [-0.15, -0.1) is 0 Å². The van der Waals surface area contributed by atoms with Crippen LogP contribution in [0.3, 0.4) is 0 Å². The van der Waals surface area contributed by atoms with Crippen molar-refractivity contribution in [3.63, 3.8) is 0 Å². The van der Waals surface area contributed by atoms with Crippen LogP contribution in [0.15, 0.2) is 5.57 Å². The highest BCUT2D eigenvalue weighted by Gasteiger charge is 2.26. The molecule has 0 aliphatic carbocycles. The van der Waals surface area contributed by atoms with E-state index in [1.807, 2.05) is 0 Å². The summed E-state index contributed by atoms with van der Waals surface area (Å²) >= 11 is 0. The lowest BCUT2D eigenvalue weighted by atomic mass is 10.0. The van der Waals surface area contributed by atoms with Crippen LogP contribution in [0.1, 0.15) is 58.3 Å². The molecule has 0 saturated carbocycles. The van der Waals surface area contributed by atoms with Gasteiger partial charge in [-0.25, -0.2) is 0 Å². The summed E-state index contributed by atoms with van der Waals surface area (Å²) in [4.78, 5) is 0. The van der Waals surface area contributed by atoms with E-state index < -0.39 is 12.6 Å². The molecule has 0 aromatic carbocycles. The molecule has 0 bridgehead atoms. The first kappa shape index (κ1) is 14.5. The first-order chi connectivity index (χ1) is 6.95. The summed E-state index contributed by atoms with van der Waals surface area (Å²) in [5.74, 6) is 0. The third kappa shape index (κ3) is 11.5. The molecule has 0 N–H and O–H groups in total.